The topological polar surface area (TPSA) is 55.1 Å². The number of benzene rings is 1. The van der Waals surface area contributed by atoms with Crippen molar-refractivity contribution in [2.45, 2.75) is 13.5 Å². The van der Waals surface area contributed by atoms with Crippen LogP contribution in [0.4, 0.5) is 0 Å². The monoisotopic (exact) mass is 262 g/mol. The first-order valence-electron chi connectivity index (χ1n) is 5.66. The molecule has 0 unspecified atom stereocenters. The zero-order chi connectivity index (χ0) is 13.0. The van der Waals surface area contributed by atoms with E-state index < -0.39 is 0 Å². The minimum absolute atomic E-state index is 0.341. The maximum Gasteiger partial charge on any atom is 0.355 e. The number of hydrogen-bond acceptors (Lipinski definition) is 4. The Morgan fingerprint density at radius 1 is 1.39 bits per heavy atom. The Balaban J connectivity index is 2.30. The molecule has 0 atom stereocenters. The van der Waals surface area contributed by atoms with Crippen LogP contribution in [0.1, 0.15) is 23.0 Å². The molecule has 5 heteroatoms. The molecule has 1 N–H and O–H groups in total. The summed E-state index contributed by atoms with van der Waals surface area (Å²) in [5, 5.41) is 9.51. The van der Waals surface area contributed by atoms with Crippen LogP contribution in [0.5, 0.6) is 0 Å². The Kier molecular flexibility index (Phi) is 3.94. The van der Waals surface area contributed by atoms with E-state index in [0.29, 0.717) is 23.6 Å². The van der Waals surface area contributed by atoms with Gasteiger partial charge in [-0.1, -0.05) is 30.3 Å². The highest BCUT2D eigenvalue weighted by atomic mass is 32.1. The van der Waals surface area contributed by atoms with Crippen molar-refractivity contribution >= 4 is 17.3 Å². The molecule has 0 spiro atoms. The van der Waals surface area contributed by atoms with Crippen molar-refractivity contribution in [1.29, 1.82) is 5.41 Å². The number of rotatable bonds is 4. The first-order chi connectivity index (χ1) is 8.72. The number of ether oxygens (including phenoxy) is 1. The number of carbonyl (C=O) groups excluding carboxylic acids is 1. The van der Waals surface area contributed by atoms with Gasteiger partial charge < -0.3 is 9.30 Å². The minimum atomic E-state index is -0.372. The third-order valence-electron chi connectivity index (χ3n) is 2.49. The van der Waals surface area contributed by atoms with Crippen LogP contribution in [0, 0.1) is 5.41 Å². The molecular formula is C13H14N2O2S. The summed E-state index contributed by atoms with van der Waals surface area (Å²) in [4.78, 5) is 12.1. The van der Waals surface area contributed by atoms with Crippen LogP contribution in [-0.2, 0) is 11.3 Å². The largest absolute Gasteiger partial charge is 0.461 e. The van der Waals surface area contributed by atoms with Gasteiger partial charge in [0.1, 0.15) is 5.69 Å². The molecule has 0 aliphatic rings. The van der Waals surface area contributed by atoms with Crippen molar-refractivity contribution in [3.8, 4) is 0 Å². The molecule has 0 aliphatic heterocycles. The second-order valence-electron chi connectivity index (χ2n) is 3.72. The number of nitrogens with zero attached hydrogens (tertiary/aromatic N) is 1. The van der Waals surface area contributed by atoms with Crippen molar-refractivity contribution in [3.63, 3.8) is 0 Å². The van der Waals surface area contributed by atoms with Gasteiger partial charge in [0.25, 0.3) is 0 Å². The lowest BCUT2D eigenvalue weighted by Crippen LogP contribution is -2.21. The molecule has 0 bridgehead atoms. The maximum absolute atomic E-state index is 11.7. The summed E-state index contributed by atoms with van der Waals surface area (Å²) in [6.07, 6.45) is 0. The lowest BCUT2D eigenvalue weighted by atomic mass is 10.2. The van der Waals surface area contributed by atoms with Gasteiger partial charge in [0, 0.05) is 5.38 Å². The highest BCUT2D eigenvalue weighted by Crippen LogP contribution is 2.08. The fraction of sp³-hybridized carbons (Fsp3) is 0.231. The Bertz CT molecular complexity index is 587. The van der Waals surface area contributed by atoms with E-state index in [0.717, 1.165) is 5.56 Å². The molecule has 1 aromatic carbocycles. The van der Waals surface area contributed by atoms with E-state index in [1.165, 1.54) is 11.3 Å². The van der Waals surface area contributed by atoms with Gasteiger partial charge in [-0.05, 0) is 12.5 Å². The van der Waals surface area contributed by atoms with Crippen LogP contribution in [0.2, 0.25) is 0 Å². The van der Waals surface area contributed by atoms with E-state index in [4.69, 9.17) is 10.1 Å². The number of esters is 1. The summed E-state index contributed by atoms with van der Waals surface area (Å²) < 4.78 is 6.65. The summed E-state index contributed by atoms with van der Waals surface area (Å²) in [6.45, 7) is 2.62. The van der Waals surface area contributed by atoms with Gasteiger partial charge in [-0.2, -0.15) is 0 Å². The van der Waals surface area contributed by atoms with E-state index in [2.05, 4.69) is 0 Å². The average Bonchev–Trinajstić information content (AvgIpc) is 2.73. The highest BCUT2D eigenvalue weighted by molar-refractivity contribution is 7.07. The number of nitrogens with one attached hydrogen (secondary N) is 1. The van der Waals surface area contributed by atoms with Crippen LogP contribution in [0.25, 0.3) is 0 Å². The lowest BCUT2D eigenvalue weighted by Gasteiger charge is -2.07. The fourth-order valence-corrected chi connectivity index (χ4v) is 2.37. The summed E-state index contributed by atoms with van der Waals surface area (Å²) in [7, 11) is 0. The van der Waals surface area contributed by atoms with E-state index in [1.807, 2.05) is 30.3 Å². The predicted octanol–water partition coefficient (Wildman–Crippen LogP) is 2.25. The Hall–Kier alpha value is -1.88. The molecule has 0 saturated carbocycles. The van der Waals surface area contributed by atoms with E-state index in [-0.39, 0.29) is 5.97 Å². The van der Waals surface area contributed by atoms with Crippen molar-refractivity contribution in [3.05, 3.63) is 51.8 Å². The summed E-state index contributed by atoms with van der Waals surface area (Å²) in [5.74, 6) is -0.372. The number of carbonyl (C=O) groups is 1. The number of aromatic nitrogens is 1. The molecule has 2 aromatic rings. The SMILES string of the molecule is CCOC(=O)c1csc(=N)n1Cc1ccccc1. The number of hydrogen-bond donors (Lipinski definition) is 1. The third-order valence-corrected chi connectivity index (χ3v) is 3.27. The second-order valence-corrected chi connectivity index (χ2v) is 4.58. The summed E-state index contributed by atoms with van der Waals surface area (Å²) in [5.41, 5.74) is 1.50. The van der Waals surface area contributed by atoms with Crippen molar-refractivity contribution in [1.82, 2.24) is 4.57 Å². The van der Waals surface area contributed by atoms with E-state index in [1.54, 1.807) is 16.9 Å². The summed E-state index contributed by atoms with van der Waals surface area (Å²) >= 11 is 1.23. The molecule has 0 aliphatic carbocycles. The maximum atomic E-state index is 11.7. The van der Waals surface area contributed by atoms with Crippen molar-refractivity contribution in [2.24, 2.45) is 0 Å². The molecule has 0 saturated heterocycles. The molecule has 0 fully saturated rings. The smallest absolute Gasteiger partial charge is 0.355 e. The third kappa shape index (κ3) is 2.68. The standard InChI is InChI=1S/C13H14N2O2S/c1-2-17-12(16)11-9-18-13(14)15(11)8-10-6-4-3-5-7-10/h3-7,9,14H,2,8H2,1H3. The average molecular weight is 262 g/mol. The van der Waals surface area contributed by atoms with Crippen molar-refractivity contribution < 1.29 is 9.53 Å². The molecule has 4 nitrogen and oxygen atoms in total. The molecular weight excluding hydrogens is 248 g/mol. The van der Waals surface area contributed by atoms with E-state index >= 15 is 0 Å². The molecule has 0 amide bonds. The highest BCUT2D eigenvalue weighted by Gasteiger charge is 2.14. The Morgan fingerprint density at radius 2 is 2.11 bits per heavy atom. The van der Waals surface area contributed by atoms with Crippen LogP contribution in [0.15, 0.2) is 35.7 Å². The van der Waals surface area contributed by atoms with Gasteiger partial charge >= 0.3 is 5.97 Å². The van der Waals surface area contributed by atoms with Crippen LogP contribution >= 0.6 is 11.3 Å². The van der Waals surface area contributed by atoms with Gasteiger partial charge in [-0.3, -0.25) is 5.41 Å². The Morgan fingerprint density at radius 3 is 2.78 bits per heavy atom. The van der Waals surface area contributed by atoms with Gasteiger partial charge in [0.2, 0.25) is 0 Å². The Labute approximate surface area is 109 Å². The molecule has 0 radical (unpaired) electrons. The molecule has 1 heterocycles. The van der Waals surface area contributed by atoms with Gasteiger partial charge in [0.05, 0.1) is 13.2 Å². The minimum Gasteiger partial charge on any atom is -0.461 e. The second kappa shape index (κ2) is 5.64. The van der Waals surface area contributed by atoms with Crippen LogP contribution < -0.4 is 4.80 Å². The van der Waals surface area contributed by atoms with Crippen LogP contribution in [0.3, 0.4) is 0 Å². The van der Waals surface area contributed by atoms with Gasteiger partial charge in [-0.15, -0.1) is 11.3 Å². The molecule has 18 heavy (non-hydrogen) atoms. The van der Waals surface area contributed by atoms with Gasteiger partial charge in [-0.25, -0.2) is 4.79 Å². The van der Waals surface area contributed by atoms with Crippen LogP contribution in [-0.4, -0.2) is 17.1 Å². The zero-order valence-electron chi connectivity index (χ0n) is 10.1. The van der Waals surface area contributed by atoms with E-state index in [9.17, 15) is 4.79 Å². The lowest BCUT2D eigenvalue weighted by molar-refractivity contribution is 0.0514. The molecule has 94 valence electrons. The molecule has 1 aromatic heterocycles. The fourth-order valence-electron chi connectivity index (χ4n) is 1.63. The van der Waals surface area contributed by atoms with Crippen molar-refractivity contribution in [2.75, 3.05) is 6.61 Å². The van der Waals surface area contributed by atoms with Gasteiger partial charge in [0.15, 0.2) is 4.80 Å². The normalized spacial score (nSPS) is 10.3. The summed E-state index contributed by atoms with van der Waals surface area (Å²) in [6, 6.07) is 9.76. The zero-order valence-corrected chi connectivity index (χ0v) is 10.9. The first-order valence-corrected chi connectivity index (χ1v) is 6.54. The quantitative estimate of drug-likeness (QED) is 0.859. The predicted molar refractivity (Wildman–Crippen MR) is 69.7 cm³/mol. The first kappa shape index (κ1) is 12.6. The number of thiazole rings is 1. The molecule has 2 rings (SSSR count).